The van der Waals surface area contributed by atoms with E-state index in [-0.39, 0.29) is 5.91 Å². The number of nitrogens with one attached hydrogen (secondary N) is 1. The number of hydrogen-bond acceptors (Lipinski definition) is 3. The fourth-order valence-corrected chi connectivity index (χ4v) is 2.75. The summed E-state index contributed by atoms with van der Waals surface area (Å²) in [6, 6.07) is 7.61. The molecule has 21 heavy (non-hydrogen) atoms. The molecule has 1 aliphatic rings. The van der Waals surface area contributed by atoms with Crippen LogP contribution in [-0.4, -0.2) is 15.5 Å². The highest BCUT2D eigenvalue weighted by Gasteiger charge is 2.16. The van der Waals surface area contributed by atoms with Gasteiger partial charge in [-0.2, -0.15) is 0 Å². The number of anilines is 1. The molecule has 0 bridgehead atoms. The van der Waals surface area contributed by atoms with Crippen molar-refractivity contribution in [1.82, 2.24) is 9.55 Å². The minimum absolute atomic E-state index is 0.0266. The highest BCUT2D eigenvalue weighted by Crippen LogP contribution is 2.19. The maximum atomic E-state index is 12.1. The second kappa shape index (κ2) is 6.10. The number of nitrogens with zero attached hydrogens (tertiary/aromatic N) is 2. The first kappa shape index (κ1) is 13.8. The van der Waals surface area contributed by atoms with E-state index < -0.39 is 0 Å². The smallest absolute Gasteiger partial charge is 0.244 e. The van der Waals surface area contributed by atoms with Gasteiger partial charge in [-0.15, -0.1) is 0 Å². The molecule has 5 nitrogen and oxygen atoms in total. The first-order chi connectivity index (χ1) is 10.3. The second-order valence-corrected chi connectivity index (χ2v) is 5.42. The summed E-state index contributed by atoms with van der Waals surface area (Å²) in [6.07, 6.45) is 6.22. The van der Waals surface area contributed by atoms with Gasteiger partial charge in [0.1, 0.15) is 6.54 Å². The fraction of sp³-hybridized carbons (Fsp3) is 0.375. The fourth-order valence-electron chi connectivity index (χ4n) is 2.75. The molecule has 3 rings (SSSR count). The maximum Gasteiger partial charge on any atom is 0.244 e. The zero-order chi connectivity index (χ0) is 14.7. The van der Waals surface area contributed by atoms with E-state index in [9.17, 15) is 4.79 Å². The Morgan fingerprint density at radius 1 is 1.24 bits per heavy atom. The van der Waals surface area contributed by atoms with Crippen LogP contribution in [0.5, 0.6) is 0 Å². The molecule has 3 N–H and O–H groups in total. The van der Waals surface area contributed by atoms with Gasteiger partial charge in [0.05, 0.1) is 12.0 Å². The summed E-state index contributed by atoms with van der Waals surface area (Å²) in [7, 11) is 0. The van der Waals surface area contributed by atoms with Gasteiger partial charge in [0.2, 0.25) is 5.91 Å². The lowest BCUT2D eigenvalue weighted by Crippen LogP contribution is -2.20. The molecule has 1 amide bonds. The molecule has 1 heterocycles. The van der Waals surface area contributed by atoms with E-state index in [1.54, 1.807) is 6.33 Å². The maximum absolute atomic E-state index is 12.1. The lowest BCUT2D eigenvalue weighted by molar-refractivity contribution is -0.116. The van der Waals surface area contributed by atoms with Crippen LogP contribution < -0.4 is 11.1 Å². The van der Waals surface area contributed by atoms with E-state index in [2.05, 4.69) is 10.3 Å². The van der Waals surface area contributed by atoms with Crippen LogP contribution in [0.3, 0.4) is 0 Å². The highest BCUT2D eigenvalue weighted by molar-refractivity contribution is 5.90. The Kier molecular flexibility index (Phi) is 4.01. The number of nitrogens with two attached hydrogens (primary N) is 1. The largest absolute Gasteiger partial charge is 0.326 e. The van der Waals surface area contributed by atoms with Crippen LogP contribution >= 0.6 is 0 Å². The molecule has 1 aromatic heterocycles. The lowest BCUT2D eigenvalue weighted by atomic mass is 10.0. The van der Waals surface area contributed by atoms with Crippen molar-refractivity contribution in [3.63, 3.8) is 0 Å². The number of carbonyl (C=O) groups is 1. The van der Waals surface area contributed by atoms with E-state index in [1.165, 1.54) is 18.5 Å². The summed E-state index contributed by atoms with van der Waals surface area (Å²) in [6.45, 7) is 0.830. The number of aromatic nitrogens is 2. The van der Waals surface area contributed by atoms with Crippen LogP contribution in [0.4, 0.5) is 5.69 Å². The van der Waals surface area contributed by atoms with Crippen molar-refractivity contribution in [2.24, 2.45) is 5.73 Å². The molecule has 1 aromatic carbocycles. The topological polar surface area (TPSA) is 72.9 Å². The van der Waals surface area contributed by atoms with Crippen LogP contribution in [0.2, 0.25) is 0 Å². The number of rotatable bonds is 4. The van der Waals surface area contributed by atoms with Gasteiger partial charge in [0.25, 0.3) is 0 Å². The summed E-state index contributed by atoms with van der Waals surface area (Å²) in [5.74, 6) is -0.0266. The van der Waals surface area contributed by atoms with Gasteiger partial charge in [-0.3, -0.25) is 4.79 Å². The SMILES string of the molecule is NCc1ccc(NC(=O)Cn2cnc3c2CCCC3)cc1. The highest BCUT2D eigenvalue weighted by atomic mass is 16.1. The van der Waals surface area contributed by atoms with Crippen molar-refractivity contribution >= 4 is 11.6 Å². The van der Waals surface area contributed by atoms with E-state index in [0.717, 1.165) is 29.8 Å². The molecular weight excluding hydrogens is 264 g/mol. The Hall–Kier alpha value is -2.14. The Morgan fingerprint density at radius 2 is 2.00 bits per heavy atom. The molecule has 110 valence electrons. The van der Waals surface area contributed by atoms with Crippen molar-refractivity contribution in [2.45, 2.75) is 38.8 Å². The molecule has 0 atom stereocenters. The van der Waals surface area contributed by atoms with E-state index in [4.69, 9.17) is 5.73 Å². The molecule has 1 aliphatic carbocycles. The minimum atomic E-state index is -0.0266. The predicted octanol–water partition coefficient (Wildman–Crippen LogP) is 1.86. The van der Waals surface area contributed by atoms with Gasteiger partial charge < -0.3 is 15.6 Å². The molecule has 0 spiro atoms. The quantitative estimate of drug-likeness (QED) is 0.900. The van der Waals surface area contributed by atoms with Crippen molar-refractivity contribution in [3.05, 3.63) is 47.5 Å². The molecular formula is C16H20N4O. The van der Waals surface area contributed by atoms with Crippen LogP contribution in [0.15, 0.2) is 30.6 Å². The minimum Gasteiger partial charge on any atom is -0.326 e. The number of aryl methyl sites for hydroxylation is 1. The predicted molar refractivity (Wildman–Crippen MR) is 81.8 cm³/mol. The summed E-state index contributed by atoms with van der Waals surface area (Å²) in [5.41, 5.74) is 9.78. The monoisotopic (exact) mass is 284 g/mol. The summed E-state index contributed by atoms with van der Waals surface area (Å²) >= 11 is 0. The molecule has 0 saturated carbocycles. The van der Waals surface area contributed by atoms with E-state index >= 15 is 0 Å². The molecule has 0 aliphatic heterocycles. The molecule has 2 aromatic rings. The van der Waals surface area contributed by atoms with Crippen LogP contribution in [0.1, 0.15) is 29.8 Å². The molecule has 5 heteroatoms. The standard InChI is InChI=1S/C16H20N4O/c17-9-12-5-7-13(8-6-12)19-16(21)10-20-11-18-14-3-1-2-4-15(14)20/h5-8,11H,1-4,9-10,17H2,(H,19,21). The Bertz CT molecular complexity index is 630. The zero-order valence-corrected chi connectivity index (χ0v) is 12.0. The molecule has 0 fully saturated rings. The van der Waals surface area contributed by atoms with Gasteiger partial charge in [-0.1, -0.05) is 12.1 Å². The van der Waals surface area contributed by atoms with Crippen molar-refractivity contribution < 1.29 is 4.79 Å². The third-order valence-electron chi connectivity index (χ3n) is 3.90. The first-order valence-corrected chi connectivity index (χ1v) is 7.38. The van der Waals surface area contributed by atoms with E-state index in [1.807, 2.05) is 28.8 Å². The van der Waals surface area contributed by atoms with E-state index in [0.29, 0.717) is 13.1 Å². The van der Waals surface area contributed by atoms with Gasteiger partial charge in [0, 0.05) is 17.9 Å². The van der Waals surface area contributed by atoms with Crippen molar-refractivity contribution in [1.29, 1.82) is 0 Å². The van der Waals surface area contributed by atoms with Crippen molar-refractivity contribution in [2.75, 3.05) is 5.32 Å². The number of hydrogen-bond donors (Lipinski definition) is 2. The van der Waals surface area contributed by atoms with Crippen molar-refractivity contribution in [3.8, 4) is 0 Å². The van der Waals surface area contributed by atoms with Gasteiger partial charge in [-0.05, 0) is 43.4 Å². The summed E-state index contributed by atoms with van der Waals surface area (Å²) in [5, 5.41) is 2.91. The van der Waals surface area contributed by atoms with Crippen LogP contribution in [0, 0.1) is 0 Å². The average molecular weight is 284 g/mol. The average Bonchev–Trinajstić information content (AvgIpc) is 2.91. The van der Waals surface area contributed by atoms with Crippen LogP contribution in [0.25, 0.3) is 0 Å². The first-order valence-electron chi connectivity index (χ1n) is 7.38. The number of amides is 1. The third kappa shape index (κ3) is 3.13. The molecule has 0 saturated heterocycles. The van der Waals surface area contributed by atoms with Gasteiger partial charge in [0.15, 0.2) is 0 Å². The van der Waals surface area contributed by atoms with Crippen LogP contribution in [-0.2, 0) is 30.7 Å². The Labute approximate surface area is 124 Å². The normalized spacial score (nSPS) is 13.8. The summed E-state index contributed by atoms with van der Waals surface area (Å²) < 4.78 is 1.97. The summed E-state index contributed by atoms with van der Waals surface area (Å²) in [4.78, 5) is 16.5. The molecule has 0 radical (unpaired) electrons. The van der Waals surface area contributed by atoms with Gasteiger partial charge >= 0.3 is 0 Å². The number of benzene rings is 1. The third-order valence-corrected chi connectivity index (χ3v) is 3.90. The Balaban J connectivity index is 1.64. The number of carbonyl (C=O) groups excluding carboxylic acids is 1. The van der Waals surface area contributed by atoms with Gasteiger partial charge in [-0.25, -0.2) is 4.98 Å². The number of imidazole rings is 1. The lowest BCUT2D eigenvalue weighted by Gasteiger charge is -2.14. The molecule has 0 unspecified atom stereocenters. The second-order valence-electron chi connectivity index (χ2n) is 5.42. The number of fused-ring (bicyclic) bond motifs is 1. The Morgan fingerprint density at radius 3 is 2.76 bits per heavy atom. The zero-order valence-electron chi connectivity index (χ0n) is 12.0.